The van der Waals surface area contributed by atoms with Gasteiger partial charge in [-0.05, 0) is 28.5 Å². The topological polar surface area (TPSA) is 35.5 Å². The molecule has 0 saturated heterocycles. The van der Waals surface area contributed by atoms with Gasteiger partial charge in [0.25, 0.3) is 0 Å². The molecule has 0 aromatic heterocycles. The van der Waals surface area contributed by atoms with Crippen LogP contribution in [0.3, 0.4) is 0 Å². The SMILES string of the molecule is COC(=O)C1=C[C@@H](c2ccccc2)c2c(ccc3ccccc23)O1. The number of ether oxygens (including phenoxy) is 2. The fourth-order valence-corrected chi connectivity index (χ4v) is 3.21. The first-order chi connectivity index (χ1) is 11.8. The van der Waals surface area contributed by atoms with Crippen LogP contribution < -0.4 is 4.74 Å². The standard InChI is InChI=1S/C21H16O3/c1-23-21(22)19-13-17(14-7-3-2-4-8-14)20-16-10-6-5-9-15(16)11-12-18(20)24-19/h2-13,17H,1H3/t17-/m0/s1. The minimum absolute atomic E-state index is 0.0600. The lowest BCUT2D eigenvalue weighted by Crippen LogP contribution is -2.18. The molecule has 0 bridgehead atoms. The van der Waals surface area contributed by atoms with Gasteiger partial charge in [-0.1, -0.05) is 60.7 Å². The average molecular weight is 316 g/mol. The van der Waals surface area contributed by atoms with E-state index in [0.717, 1.165) is 21.9 Å². The van der Waals surface area contributed by atoms with Gasteiger partial charge >= 0.3 is 5.97 Å². The third kappa shape index (κ3) is 2.35. The van der Waals surface area contributed by atoms with Gasteiger partial charge in [-0.25, -0.2) is 4.79 Å². The van der Waals surface area contributed by atoms with Gasteiger partial charge in [0, 0.05) is 11.5 Å². The third-order valence-electron chi connectivity index (χ3n) is 4.32. The molecule has 3 aromatic carbocycles. The molecule has 0 aliphatic carbocycles. The lowest BCUT2D eigenvalue weighted by atomic mass is 9.85. The fraction of sp³-hybridized carbons (Fsp3) is 0.0952. The second kappa shape index (κ2) is 5.85. The van der Waals surface area contributed by atoms with Crippen LogP contribution in [0.2, 0.25) is 0 Å². The summed E-state index contributed by atoms with van der Waals surface area (Å²) in [6, 6.07) is 22.2. The Balaban J connectivity index is 1.97. The molecule has 0 unspecified atom stereocenters. The predicted molar refractivity (Wildman–Crippen MR) is 93.0 cm³/mol. The van der Waals surface area contributed by atoms with Crippen LogP contribution in [0, 0.1) is 0 Å². The molecule has 1 atom stereocenters. The highest BCUT2D eigenvalue weighted by Gasteiger charge is 2.28. The van der Waals surface area contributed by atoms with Crippen molar-refractivity contribution >= 4 is 16.7 Å². The number of fused-ring (bicyclic) bond motifs is 3. The zero-order chi connectivity index (χ0) is 16.5. The smallest absolute Gasteiger partial charge is 0.373 e. The average Bonchev–Trinajstić information content (AvgIpc) is 2.67. The normalized spacial score (nSPS) is 16.0. The lowest BCUT2D eigenvalue weighted by molar-refractivity contribution is -0.138. The van der Waals surface area contributed by atoms with Crippen molar-refractivity contribution < 1.29 is 14.3 Å². The first-order valence-electron chi connectivity index (χ1n) is 7.82. The van der Waals surface area contributed by atoms with Crippen LogP contribution in [0.1, 0.15) is 17.0 Å². The second-order valence-corrected chi connectivity index (χ2v) is 5.71. The summed E-state index contributed by atoms with van der Waals surface area (Å²) in [6.07, 6.45) is 1.84. The number of carbonyl (C=O) groups is 1. The molecule has 0 radical (unpaired) electrons. The first-order valence-corrected chi connectivity index (χ1v) is 7.82. The molecule has 1 heterocycles. The van der Waals surface area contributed by atoms with Crippen LogP contribution in [-0.2, 0) is 9.53 Å². The van der Waals surface area contributed by atoms with Crippen LogP contribution in [0.5, 0.6) is 5.75 Å². The van der Waals surface area contributed by atoms with Crippen molar-refractivity contribution in [3.8, 4) is 5.75 Å². The molecular weight excluding hydrogens is 300 g/mol. The molecule has 3 nitrogen and oxygen atoms in total. The molecule has 0 N–H and O–H groups in total. The van der Waals surface area contributed by atoms with E-state index in [1.807, 2.05) is 48.5 Å². The third-order valence-corrected chi connectivity index (χ3v) is 4.32. The quantitative estimate of drug-likeness (QED) is 0.657. The van der Waals surface area contributed by atoms with Crippen LogP contribution in [0.4, 0.5) is 0 Å². The van der Waals surface area contributed by atoms with Crippen molar-refractivity contribution in [3.63, 3.8) is 0 Å². The summed E-state index contributed by atoms with van der Waals surface area (Å²) in [4.78, 5) is 12.0. The monoisotopic (exact) mass is 316 g/mol. The summed E-state index contributed by atoms with van der Waals surface area (Å²) in [7, 11) is 1.36. The summed E-state index contributed by atoms with van der Waals surface area (Å²) in [6.45, 7) is 0. The van der Waals surface area contributed by atoms with E-state index in [1.165, 1.54) is 7.11 Å². The molecule has 0 fully saturated rings. The maximum atomic E-state index is 12.0. The largest absolute Gasteiger partial charge is 0.463 e. The van der Waals surface area contributed by atoms with Gasteiger partial charge in [-0.2, -0.15) is 0 Å². The van der Waals surface area contributed by atoms with Crippen molar-refractivity contribution in [3.05, 3.63) is 89.7 Å². The Labute approximate surface area is 140 Å². The number of allylic oxidation sites excluding steroid dienone is 1. The number of carbonyl (C=O) groups excluding carboxylic acids is 1. The highest BCUT2D eigenvalue weighted by Crippen LogP contribution is 2.42. The molecule has 3 aromatic rings. The van der Waals surface area contributed by atoms with E-state index >= 15 is 0 Å². The van der Waals surface area contributed by atoms with E-state index in [-0.39, 0.29) is 11.7 Å². The summed E-state index contributed by atoms with van der Waals surface area (Å²) >= 11 is 0. The Morgan fingerprint density at radius 1 is 0.958 bits per heavy atom. The highest BCUT2D eigenvalue weighted by atomic mass is 16.6. The van der Waals surface area contributed by atoms with Crippen molar-refractivity contribution in [1.82, 2.24) is 0 Å². The van der Waals surface area contributed by atoms with Gasteiger partial charge in [0.2, 0.25) is 5.76 Å². The van der Waals surface area contributed by atoms with Gasteiger partial charge in [-0.15, -0.1) is 0 Å². The van der Waals surface area contributed by atoms with E-state index in [1.54, 1.807) is 0 Å². The van der Waals surface area contributed by atoms with Crippen LogP contribution in [-0.4, -0.2) is 13.1 Å². The Morgan fingerprint density at radius 2 is 1.71 bits per heavy atom. The summed E-state index contributed by atoms with van der Waals surface area (Å²) < 4.78 is 10.7. The molecule has 1 aliphatic heterocycles. The van der Waals surface area contributed by atoms with Gasteiger partial charge in [-0.3, -0.25) is 0 Å². The Hall–Kier alpha value is -3.07. The van der Waals surface area contributed by atoms with Gasteiger partial charge in [0.1, 0.15) is 5.75 Å². The summed E-state index contributed by atoms with van der Waals surface area (Å²) in [5.74, 6) is 0.407. The van der Waals surface area contributed by atoms with Crippen molar-refractivity contribution in [2.75, 3.05) is 7.11 Å². The number of methoxy groups -OCH3 is 1. The minimum Gasteiger partial charge on any atom is -0.463 e. The molecular formula is C21H16O3. The molecule has 1 aliphatic rings. The zero-order valence-electron chi connectivity index (χ0n) is 13.2. The lowest BCUT2D eigenvalue weighted by Gasteiger charge is -2.26. The maximum absolute atomic E-state index is 12.0. The highest BCUT2D eigenvalue weighted by molar-refractivity contribution is 5.92. The van der Waals surface area contributed by atoms with Crippen molar-refractivity contribution in [2.24, 2.45) is 0 Å². The van der Waals surface area contributed by atoms with Crippen LogP contribution in [0.15, 0.2) is 78.6 Å². The molecule has 24 heavy (non-hydrogen) atoms. The molecule has 4 rings (SSSR count). The summed E-state index contributed by atoms with van der Waals surface area (Å²) in [5, 5.41) is 2.28. The van der Waals surface area contributed by atoms with Gasteiger partial charge in [0.15, 0.2) is 0 Å². The van der Waals surface area contributed by atoms with E-state index in [2.05, 4.69) is 24.3 Å². The minimum atomic E-state index is -0.463. The van der Waals surface area contributed by atoms with Gasteiger partial charge in [0.05, 0.1) is 7.11 Å². The molecule has 0 amide bonds. The van der Waals surface area contributed by atoms with Crippen molar-refractivity contribution in [2.45, 2.75) is 5.92 Å². The van der Waals surface area contributed by atoms with E-state index in [4.69, 9.17) is 9.47 Å². The van der Waals surface area contributed by atoms with Gasteiger partial charge < -0.3 is 9.47 Å². The molecule has 0 spiro atoms. The Kier molecular flexibility index (Phi) is 3.54. The number of hydrogen-bond donors (Lipinski definition) is 0. The number of benzene rings is 3. The Morgan fingerprint density at radius 3 is 2.50 bits per heavy atom. The van der Waals surface area contributed by atoms with E-state index < -0.39 is 5.97 Å². The second-order valence-electron chi connectivity index (χ2n) is 5.71. The molecule has 0 saturated carbocycles. The Bertz CT molecular complexity index is 942. The zero-order valence-corrected chi connectivity index (χ0v) is 13.2. The molecule has 3 heteroatoms. The predicted octanol–water partition coefficient (Wildman–Crippen LogP) is 4.42. The first kappa shape index (κ1) is 14.5. The molecule has 118 valence electrons. The fourth-order valence-electron chi connectivity index (χ4n) is 3.21. The van der Waals surface area contributed by atoms with Crippen LogP contribution in [0.25, 0.3) is 10.8 Å². The number of hydrogen-bond acceptors (Lipinski definition) is 3. The van der Waals surface area contributed by atoms with Crippen LogP contribution >= 0.6 is 0 Å². The van der Waals surface area contributed by atoms with E-state index in [9.17, 15) is 4.79 Å². The maximum Gasteiger partial charge on any atom is 0.373 e. The van der Waals surface area contributed by atoms with E-state index in [0.29, 0.717) is 5.75 Å². The van der Waals surface area contributed by atoms with Crippen molar-refractivity contribution in [1.29, 1.82) is 0 Å². The number of rotatable bonds is 2. The number of esters is 1. The summed E-state index contributed by atoms with van der Waals surface area (Å²) in [5.41, 5.74) is 2.19.